The predicted molar refractivity (Wildman–Crippen MR) is 151 cm³/mol. The summed E-state index contributed by atoms with van der Waals surface area (Å²) in [5.41, 5.74) is 3.75. The smallest absolute Gasteiger partial charge is 0.264 e. The lowest BCUT2D eigenvalue weighted by atomic mass is 10.2. The lowest BCUT2D eigenvalue weighted by molar-refractivity contribution is 0.0983. The van der Waals surface area contributed by atoms with Gasteiger partial charge in [-0.1, -0.05) is 35.6 Å². The van der Waals surface area contributed by atoms with Crippen LogP contribution in [0.2, 0.25) is 0 Å². The van der Waals surface area contributed by atoms with Crippen molar-refractivity contribution in [1.29, 1.82) is 0 Å². The number of ether oxygens (including phenoxy) is 1. The summed E-state index contributed by atoms with van der Waals surface area (Å²) < 4.78 is 40.3. The van der Waals surface area contributed by atoms with Gasteiger partial charge in [-0.15, -0.1) is 0 Å². The first-order valence-electron chi connectivity index (χ1n) is 12.4. The molecule has 0 unspecified atom stereocenters. The van der Waals surface area contributed by atoms with Crippen LogP contribution >= 0.6 is 11.3 Å². The van der Waals surface area contributed by atoms with E-state index >= 15 is 0 Å². The molecule has 0 spiro atoms. The molecule has 0 saturated heterocycles. The van der Waals surface area contributed by atoms with E-state index in [0.717, 1.165) is 15.8 Å². The molecular formula is C29H25N3O5S2. The van der Waals surface area contributed by atoms with Gasteiger partial charge in [-0.2, -0.15) is 0 Å². The van der Waals surface area contributed by atoms with E-state index in [1.54, 1.807) is 42.5 Å². The van der Waals surface area contributed by atoms with Crippen molar-refractivity contribution < 1.29 is 22.4 Å². The molecule has 1 amide bonds. The maximum atomic E-state index is 13.8. The van der Waals surface area contributed by atoms with Crippen LogP contribution in [0, 0.1) is 6.92 Å². The number of thiazole rings is 1. The Bertz CT molecular complexity index is 1780. The molecule has 2 aromatic heterocycles. The second kappa shape index (κ2) is 9.87. The average molecular weight is 560 g/mol. The predicted octanol–water partition coefficient (Wildman–Crippen LogP) is 5.80. The van der Waals surface area contributed by atoms with Crippen LogP contribution in [0.1, 0.15) is 27.2 Å². The summed E-state index contributed by atoms with van der Waals surface area (Å²) in [4.78, 5) is 20.3. The number of anilines is 2. The topological polar surface area (TPSA) is 92.9 Å². The van der Waals surface area contributed by atoms with Gasteiger partial charge in [0.05, 0.1) is 35.2 Å². The molecule has 0 bridgehead atoms. The Morgan fingerprint density at radius 1 is 1.08 bits per heavy atom. The zero-order valence-corrected chi connectivity index (χ0v) is 23.0. The van der Waals surface area contributed by atoms with Gasteiger partial charge in [0.1, 0.15) is 17.0 Å². The van der Waals surface area contributed by atoms with Gasteiger partial charge in [0.2, 0.25) is 0 Å². The van der Waals surface area contributed by atoms with Crippen molar-refractivity contribution >= 4 is 48.3 Å². The molecule has 198 valence electrons. The second-order valence-electron chi connectivity index (χ2n) is 9.21. The summed E-state index contributed by atoms with van der Waals surface area (Å²) in [7, 11) is -2.18. The number of carbonyl (C=O) groups excluding carboxylic acids is 1. The van der Waals surface area contributed by atoms with Crippen LogP contribution in [0.15, 0.2) is 88.4 Å². The number of carbonyl (C=O) groups is 1. The van der Waals surface area contributed by atoms with E-state index in [9.17, 15) is 13.2 Å². The van der Waals surface area contributed by atoms with Crippen molar-refractivity contribution in [1.82, 2.24) is 4.98 Å². The van der Waals surface area contributed by atoms with Crippen molar-refractivity contribution in [2.75, 3.05) is 22.9 Å². The van der Waals surface area contributed by atoms with Crippen LogP contribution in [0.5, 0.6) is 5.75 Å². The molecule has 0 radical (unpaired) electrons. The van der Waals surface area contributed by atoms with Gasteiger partial charge < -0.3 is 9.15 Å². The summed E-state index contributed by atoms with van der Waals surface area (Å²) >= 11 is 1.39. The highest BCUT2D eigenvalue weighted by Crippen LogP contribution is 2.38. The highest BCUT2D eigenvalue weighted by molar-refractivity contribution is 7.92. The van der Waals surface area contributed by atoms with Crippen molar-refractivity contribution in [3.63, 3.8) is 0 Å². The molecule has 3 heterocycles. The van der Waals surface area contributed by atoms with Gasteiger partial charge in [-0.05, 0) is 73.0 Å². The van der Waals surface area contributed by atoms with Crippen LogP contribution in [0.25, 0.3) is 10.2 Å². The minimum absolute atomic E-state index is 0.133. The maximum Gasteiger partial charge on any atom is 0.264 e. The Morgan fingerprint density at radius 3 is 2.62 bits per heavy atom. The zero-order chi connectivity index (χ0) is 27.1. The third-order valence-corrected chi connectivity index (χ3v) is 9.86. The normalized spacial score (nSPS) is 13.0. The molecular weight excluding hydrogens is 534 g/mol. The first-order valence-corrected chi connectivity index (χ1v) is 14.6. The lowest BCUT2D eigenvalue weighted by Crippen LogP contribution is -2.31. The van der Waals surface area contributed by atoms with E-state index in [1.165, 1.54) is 27.8 Å². The molecule has 6 rings (SSSR count). The molecule has 39 heavy (non-hydrogen) atoms. The van der Waals surface area contributed by atoms with Gasteiger partial charge in [0, 0.05) is 12.1 Å². The highest BCUT2D eigenvalue weighted by atomic mass is 32.2. The number of aryl methyl sites for hydroxylation is 1. The molecule has 5 aromatic rings. The van der Waals surface area contributed by atoms with Crippen molar-refractivity contribution in [3.8, 4) is 5.75 Å². The van der Waals surface area contributed by atoms with Crippen LogP contribution in [-0.4, -0.2) is 33.0 Å². The molecule has 0 saturated carbocycles. The van der Waals surface area contributed by atoms with Gasteiger partial charge in [-0.3, -0.25) is 14.0 Å². The number of methoxy groups -OCH3 is 1. The van der Waals surface area contributed by atoms with E-state index in [2.05, 4.69) is 0 Å². The Kier molecular flexibility index (Phi) is 6.36. The number of amides is 1. The summed E-state index contributed by atoms with van der Waals surface area (Å²) in [6, 6.07) is 20.9. The van der Waals surface area contributed by atoms with Crippen molar-refractivity contribution in [2.24, 2.45) is 0 Å². The Morgan fingerprint density at radius 2 is 1.87 bits per heavy atom. The van der Waals surface area contributed by atoms with E-state index < -0.39 is 10.0 Å². The van der Waals surface area contributed by atoms with Gasteiger partial charge in [-0.25, -0.2) is 13.4 Å². The molecule has 8 nitrogen and oxygen atoms in total. The number of para-hydroxylation sites is 1. The molecule has 0 N–H and O–H groups in total. The third kappa shape index (κ3) is 4.45. The molecule has 0 atom stereocenters. The summed E-state index contributed by atoms with van der Waals surface area (Å²) in [5.74, 6) is 0.900. The Labute approximate surface area is 230 Å². The zero-order valence-electron chi connectivity index (χ0n) is 21.3. The lowest BCUT2D eigenvalue weighted by Gasteiger charge is -2.21. The van der Waals surface area contributed by atoms with Gasteiger partial charge >= 0.3 is 0 Å². The van der Waals surface area contributed by atoms with E-state index in [0.29, 0.717) is 46.4 Å². The molecule has 1 aliphatic rings. The van der Waals surface area contributed by atoms with E-state index in [4.69, 9.17) is 14.1 Å². The van der Waals surface area contributed by atoms with Crippen LogP contribution in [-0.2, 0) is 23.0 Å². The number of furan rings is 1. The second-order valence-corrected chi connectivity index (χ2v) is 12.0. The minimum Gasteiger partial charge on any atom is -0.494 e. The standard InChI is InChI=1S/C29H25N3O5S2/c1-19-9-14-25(36-2)26-27(19)38-29(30-26)31(18-22-7-5-17-37-22)28(33)21-10-12-23(13-11-21)39(34,35)32-16-15-20-6-3-4-8-24(20)32/h3-14,17H,15-16,18H2,1-2H3. The van der Waals surface area contributed by atoms with Crippen LogP contribution in [0.3, 0.4) is 0 Å². The maximum absolute atomic E-state index is 13.8. The highest BCUT2D eigenvalue weighted by Gasteiger charge is 2.31. The summed E-state index contributed by atoms with van der Waals surface area (Å²) in [6.45, 7) is 2.54. The first-order chi connectivity index (χ1) is 18.9. The number of hydrogen-bond donors (Lipinski definition) is 0. The van der Waals surface area contributed by atoms with Crippen molar-refractivity contribution in [3.05, 3.63) is 102 Å². The molecule has 1 aliphatic heterocycles. The third-order valence-electron chi connectivity index (χ3n) is 6.82. The number of aromatic nitrogens is 1. The number of nitrogens with zero attached hydrogens (tertiary/aromatic N) is 3. The van der Waals surface area contributed by atoms with E-state index in [1.807, 2.05) is 43.3 Å². The first kappa shape index (κ1) is 25.1. The number of benzene rings is 3. The van der Waals surface area contributed by atoms with E-state index in [-0.39, 0.29) is 17.3 Å². The molecule has 3 aromatic carbocycles. The SMILES string of the molecule is COc1ccc(C)c2sc(N(Cc3ccco3)C(=O)c3ccc(S(=O)(=O)N4CCc5ccccc54)cc3)nc12. The average Bonchev–Trinajstić information content (AvgIpc) is 3.72. The number of hydrogen-bond acceptors (Lipinski definition) is 7. The molecule has 10 heteroatoms. The summed E-state index contributed by atoms with van der Waals surface area (Å²) in [6.07, 6.45) is 2.22. The Balaban J connectivity index is 1.34. The number of rotatable bonds is 7. The van der Waals surface area contributed by atoms with Gasteiger partial charge in [0.15, 0.2) is 5.13 Å². The fourth-order valence-electron chi connectivity index (χ4n) is 4.77. The van der Waals surface area contributed by atoms with Crippen LogP contribution in [0.4, 0.5) is 10.8 Å². The fraction of sp³-hybridized carbons (Fsp3) is 0.172. The monoisotopic (exact) mass is 559 g/mol. The fourth-order valence-corrected chi connectivity index (χ4v) is 7.33. The van der Waals surface area contributed by atoms with Gasteiger partial charge in [0.25, 0.3) is 15.9 Å². The Hall–Kier alpha value is -4.15. The number of sulfonamides is 1. The minimum atomic E-state index is -3.77. The van der Waals surface area contributed by atoms with Crippen molar-refractivity contribution in [2.45, 2.75) is 24.8 Å². The largest absolute Gasteiger partial charge is 0.494 e. The summed E-state index contributed by atoms with van der Waals surface area (Å²) in [5, 5.41) is 0.490. The van der Waals surface area contributed by atoms with Crippen LogP contribution < -0.4 is 13.9 Å². The molecule has 0 aliphatic carbocycles. The number of fused-ring (bicyclic) bond motifs is 2. The molecule has 0 fully saturated rings. The quantitative estimate of drug-likeness (QED) is 0.250.